The molecule has 4 nitrogen and oxygen atoms in total. The molecule has 3 aromatic rings. The number of nitrogens with zero attached hydrogens (tertiary/aromatic N) is 2. The Labute approximate surface area is 132 Å². The van der Waals surface area contributed by atoms with Gasteiger partial charge in [0.25, 0.3) is 0 Å². The van der Waals surface area contributed by atoms with Gasteiger partial charge in [-0.15, -0.1) is 11.3 Å². The average Bonchev–Trinajstić information content (AvgIpc) is 3.14. The van der Waals surface area contributed by atoms with Crippen LogP contribution in [0, 0.1) is 0 Å². The van der Waals surface area contributed by atoms with Crippen LogP contribution in [0.3, 0.4) is 0 Å². The van der Waals surface area contributed by atoms with Gasteiger partial charge in [-0.1, -0.05) is 18.2 Å². The van der Waals surface area contributed by atoms with Crippen LogP contribution in [0.25, 0.3) is 11.1 Å². The lowest BCUT2D eigenvalue weighted by Gasteiger charge is -2.32. The summed E-state index contributed by atoms with van der Waals surface area (Å²) in [5.41, 5.74) is 1.60. The van der Waals surface area contributed by atoms with Gasteiger partial charge in [0.2, 0.25) is 0 Å². The summed E-state index contributed by atoms with van der Waals surface area (Å²) >= 11 is 1.79. The maximum Gasteiger partial charge on any atom is 0.420 e. The molecule has 1 atom stereocenters. The van der Waals surface area contributed by atoms with Crippen LogP contribution < -0.4 is 5.76 Å². The van der Waals surface area contributed by atoms with Gasteiger partial charge < -0.3 is 4.42 Å². The number of aromatic nitrogens is 1. The zero-order chi connectivity index (χ0) is 14.9. The first-order valence-electron chi connectivity index (χ1n) is 7.66. The third-order valence-corrected chi connectivity index (χ3v) is 5.19. The quantitative estimate of drug-likeness (QED) is 0.743. The lowest BCUT2D eigenvalue weighted by atomic mass is 10.1. The molecule has 1 fully saturated rings. The fourth-order valence-corrected chi connectivity index (χ4v) is 4.08. The predicted octanol–water partition coefficient (Wildman–Crippen LogP) is 3.49. The summed E-state index contributed by atoms with van der Waals surface area (Å²) in [6.45, 7) is 2.97. The van der Waals surface area contributed by atoms with Crippen LogP contribution in [0.5, 0.6) is 0 Å². The Bertz CT molecular complexity index is 819. The molecule has 114 valence electrons. The number of fused-ring (bicyclic) bond motifs is 1. The van der Waals surface area contributed by atoms with Crippen LogP contribution in [0.4, 0.5) is 0 Å². The van der Waals surface area contributed by atoms with Crippen molar-refractivity contribution in [2.45, 2.75) is 25.4 Å². The summed E-state index contributed by atoms with van der Waals surface area (Å²) in [7, 11) is 0. The van der Waals surface area contributed by atoms with Crippen LogP contribution >= 0.6 is 11.3 Å². The first kappa shape index (κ1) is 13.8. The van der Waals surface area contributed by atoms with Gasteiger partial charge in [0.15, 0.2) is 5.58 Å². The molecule has 5 heteroatoms. The molecule has 0 saturated carbocycles. The number of hydrogen-bond acceptors (Lipinski definition) is 4. The lowest BCUT2D eigenvalue weighted by molar-refractivity contribution is 0.169. The molecule has 0 unspecified atom stereocenters. The number of thiophene rings is 1. The second-order valence-corrected chi connectivity index (χ2v) is 6.85. The van der Waals surface area contributed by atoms with Gasteiger partial charge in [-0.25, -0.2) is 4.79 Å². The van der Waals surface area contributed by atoms with E-state index in [1.807, 2.05) is 28.8 Å². The van der Waals surface area contributed by atoms with E-state index in [1.54, 1.807) is 11.3 Å². The highest BCUT2D eigenvalue weighted by atomic mass is 32.1. The molecule has 1 aliphatic rings. The van der Waals surface area contributed by atoms with Crippen LogP contribution in [0.1, 0.15) is 23.8 Å². The first-order valence-corrected chi connectivity index (χ1v) is 8.54. The van der Waals surface area contributed by atoms with Crippen LogP contribution in [-0.4, -0.2) is 22.6 Å². The van der Waals surface area contributed by atoms with Crippen molar-refractivity contribution in [2.75, 3.05) is 13.1 Å². The smallest absolute Gasteiger partial charge is 0.408 e. The van der Waals surface area contributed by atoms with E-state index in [0.717, 1.165) is 38.0 Å². The number of oxazole rings is 1. The Morgan fingerprint density at radius 3 is 3.00 bits per heavy atom. The van der Waals surface area contributed by atoms with E-state index in [1.165, 1.54) is 4.88 Å². The molecule has 0 amide bonds. The summed E-state index contributed by atoms with van der Waals surface area (Å²) in [6.07, 6.45) is 2.15. The van der Waals surface area contributed by atoms with Crippen molar-refractivity contribution in [3.8, 4) is 0 Å². The normalized spacial score (nSPS) is 19.7. The van der Waals surface area contributed by atoms with Crippen molar-refractivity contribution < 1.29 is 4.42 Å². The second kappa shape index (κ2) is 5.74. The summed E-state index contributed by atoms with van der Waals surface area (Å²) in [5, 5.41) is 2.12. The number of piperidine rings is 1. The van der Waals surface area contributed by atoms with Crippen LogP contribution in [0.15, 0.2) is 51.0 Å². The van der Waals surface area contributed by atoms with E-state index < -0.39 is 0 Å². The van der Waals surface area contributed by atoms with Crippen molar-refractivity contribution >= 4 is 22.4 Å². The van der Waals surface area contributed by atoms with Crippen LogP contribution in [-0.2, 0) is 6.54 Å². The predicted molar refractivity (Wildman–Crippen MR) is 88.3 cm³/mol. The standard InChI is InChI=1S/C17H18N2O2S/c20-17-19(15-7-1-2-8-16(15)21-17)13-5-3-9-18(11-13)12-14-6-4-10-22-14/h1-2,4,6-8,10,13H,3,5,9,11-12H2/t13-/m1/s1. The third-order valence-electron chi connectivity index (χ3n) is 4.32. The van der Waals surface area contributed by atoms with E-state index in [2.05, 4.69) is 22.4 Å². The molecule has 22 heavy (non-hydrogen) atoms. The van der Waals surface area contributed by atoms with Gasteiger partial charge in [0, 0.05) is 18.0 Å². The minimum absolute atomic E-state index is 0.199. The summed E-state index contributed by atoms with van der Waals surface area (Å²) < 4.78 is 7.23. The lowest BCUT2D eigenvalue weighted by Crippen LogP contribution is -2.38. The van der Waals surface area contributed by atoms with E-state index >= 15 is 0 Å². The number of likely N-dealkylation sites (tertiary alicyclic amines) is 1. The van der Waals surface area contributed by atoms with Crippen molar-refractivity contribution in [1.29, 1.82) is 0 Å². The molecule has 1 aromatic carbocycles. The molecule has 4 rings (SSSR count). The average molecular weight is 314 g/mol. The maximum absolute atomic E-state index is 12.2. The van der Waals surface area contributed by atoms with E-state index in [-0.39, 0.29) is 11.8 Å². The van der Waals surface area contributed by atoms with Crippen molar-refractivity contribution in [3.63, 3.8) is 0 Å². The number of para-hydroxylation sites is 2. The van der Waals surface area contributed by atoms with E-state index in [0.29, 0.717) is 5.58 Å². The Morgan fingerprint density at radius 2 is 2.14 bits per heavy atom. The molecule has 0 N–H and O–H groups in total. The Kier molecular flexibility index (Phi) is 3.60. The van der Waals surface area contributed by atoms with Gasteiger partial charge >= 0.3 is 5.76 Å². The molecule has 0 radical (unpaired) electrons. The second-order valence-electron chi connectivity index (χ2n) is 5.82. The number of hydrogen-bond donors (Lipinski definition) is 0. The first-order chi connectivity index (χ1) is 10.8. The van der Waals surface area contributed by atoms with E-state index in [9.17, 15) is 4.79 Å². The minimum atomic E-state index is -0.232. The van der Waals surface area contributed by atoms with Crippen molar-refractivity contribution in [2.24, 2.45) is 0 Å². The largest absolute Gasteiger partial charge is 0.420 e. The summed E-state index contributed by atoms with van der Waals surface area (Å²) in [5.74, 6) is -0.232. The Hall–Kier alpha value is -1.85. The Morgan fingerprint density at radius 1 is 1.23 bits per heavy atom. The minimum Gasteiger partial charge on any atom is -0.408 e. The highest BCUT2D eigenvalue weighted by Crippen LogP contribution is 2.26. The highest BCUT2D eigenvalue weighted by Gasteiger charge is 2.25. The van der Waals surface area contributed by atoms with Crippen LogP contribution in [0.2, 0.25) is 0 Å². The molecule has 0 bridgehead atoms. The van der Waals surface area contributed by atoms with Crippen molar-refractivity contribution in [1.82, 2.24) is 9.47 Å². The molecular formula is C17H18N2O2S. The van der Waals surface area contributed by atoms with Crippen molar-refractivity contribution in [3.05, 3.63) is 57.2 Å². The van der Waals surface area contributed by atoms with Gasteiger partial charge in [-0.3, -0.25) is 9.47 Å². The highest BCUT2D eigenvalue weighted by molar-refractivity contribution is 7.09. The maximum atomic E-state index is 12.2. The summed E-state index contributed by atoms with van der Waals surface area (Å²) in [6, 6.07) is 12.2. The zero-order valence-corrected chi connectivity index (χ0v) is 13.1. The fourth-order valence-electron chi connectivity index (χ4n) is 3.34. The third kappa shape index (κ3) is 2.51. The molecule has 0 aliphatic carbocycles. The molecule has 0 spiro atoms. The molecule has 3 heterocycles. The van der Waals surface area contributed by atoms with Gasteiger partial charge in [-0.05, 0) is 43.0 Å². The van der Waals surface area contributed by atoms with Gasteiger partial charge in [0.1, 0.15) is 0 Å². The molecule has 1 aliphatic heterocycles. The molecular weight excluding hydrogens is 296 g/mol. The zero-order valence-electron chi connectivity index (χ0n) is 12.3. The fraction of sp³-hybridized carbons (Fsp3) is 0.353. The monoisotopic (exact) mass is 314 g/mol. The molecule has 2 aromatic heterocycles. The number of benzene rings is 1. The SMILES string of the molecule is O=c1oc2ccccc2n1[C@@H]1CCCN(Cc2cccs2)C1. The Balaban J connectivity index is 1.61. The molecule has 1 saturated heterocycles. The topological polar surface area (TPSA) is 38.4 Å². The number of rotatable bonds is 3. The summed E-state index contributed by atoms with van der Waals surface area (Å²) in [4.78, 5) is 16.1. The van der Waals surface area contributed by atoms with Gasteiger partial charge in [-0.2, -0.15) is 0 Å². The van der Waals surface area contributed by atoms with Gasteiger partial charge in [0.05, 0.1) is 11.6 Å². The van der Waals surface area contributed by atoms with E-state index in [4.69, 9.17) is 4.42 Å².